The Labute approximate surface area is 166 Å². The number of benzene rings is 2. The minimum atomic E-state index is -0.918. The van der Waals surface area contributed by atoms with E-state index in [1.165, 1.54) is 0 Å². The van der Waals surface area contributed by atoms with E-state index in [1.807, 2.05) is 30.3 Å². The highest BCUT2D eigenvalue weighted by Gasteiger charge is 2.21. The Morgan fingerprint density at radius 2 is 1.83 bits per heavy atom. The van der Waals surface area contributed by atoms with Gasteiger partial charge in [0.05, 0.1) is 23.6 Å². The van der Waals surface area contributed by atoms with Crippen molar-refractivity contribution >= 4 is 17.6 Å². The standard InChI is InChI=1S/C21H19F2N3O3/c1-13-20(14(2)26(25-13)11-15-6-4-3-5-7-15)21(28)29-12-19(27)24-18-9-8-16(22)10-17(18)23/h3-10H,11-12H2,1-2H3,(H,24,27). The van der Waals surface area contributed by atoms with Gasteiger partial charge < -0.3 is 10.1 Å². The second-order valence-electron chi connectivity index (χ2n) is 6.44. The van der Waals surface area contributed by atoms with E-state index in [2.05, 4.69) is 10.4 Å². The van der Waals surface area contributed by atoms with Crippen LogP contribution in [0.4, 0.5) is 14.5 Å². The van der Waals surface area contributed by atoms with Gasteiger partial charge in [0.25, 0.3) is 5.91 Å². The predicted octanol–water partition coefficient (Wildman–Crippen LogP) is 3.62. The lowest BCUT2D eigenvalue weighted by atomic mass is 10.2. The third-order valence-corrected chi connectivity index (χ3v) is 4.30. The van der Waals surface area contributed by atoms with E-state index in [4.69, 9.17) is 4.74 Å². The van der Waals surface area contributed by atoms with Gasteiger partial charge in [0.2, 0.25) is 0 Å². The number of anilines is 1. The van der Waals surface area contributed by atoms with Gasteiger partial charge in [0.1, 0.15) is 17.2 Å². The first-order valence-electron chi connectivity index (χ1n) is 8.85. The molecule has 1 heterocycles. The molecule has 1 aromatic heterocycles. The van der Waals surface area contributed by atoms with E-state index < -0.39 is 30.1 Å². The molecule has 0 aliphatic rings. The summed E-state index contributed by atoms with van der Waals surface area (Å²) in [6.45, 7) is 3.30. The van der Waals surface area contributed by atoms with Gasteiger partial charge in [-0.2, -0.15) is 5.10 Å². The normalized spacial score (nSPS) is 10.6. The summed E-state index contributed by atoms with van der Waals surface area (Å²) in [7, 11) is 0. The first-order chi connectivity index (χ1) is 13.8. The zero-order valence-corrected chi connectivity index (χ0v) is 15.9. The van der Waals surface area contributed by atoms with Gasteiger partial charge in [-0.1, -0.05) is 30.3 Å². The van der Waals surface area contributed by atoms with Crippen LogP contribution in [-0.4, -0.2) is 28.3 Å². The van der Waals surface area contributed by atoms with Crippen molar-refractivity contribution in [1.82, 2.24) is 9.78 Å². The van der Waals surface area contributed by atoms with E-state index in [1.54, 1.807) is 18.5 Å². The molecule has 0 aliphatic carbocycles. The van der Waals surface area contributed by atoms with Gasteiger partial charge in [0, 0.05) is 6.07 Å². The summed E-state index contributed by atoms with van der Waals surface area (Å²) in [5.41, 5.74) is 2.20. The van der Waals surface area contributed by atoms with Crippen LogP contribution in [0.2, 0.25) is 0 Å². The number of rotatable bonds is 6. The number of hydrogen-bond acceptors (Lipinski definition) is 4. The molecule has 6 nitrogen and oxygen atoms in total. The van der Waals surface area contributed by atoms with Crippen LogP contribution < -0.4 is 5.32 Å². The summed E-state index contributed by atoms with van der Waals surface area (Å²) in [5, 5.41) is 6.60. The first-order valence-corrected chi connectivity index (χ1v) is 8.85. The molecule has 0 saturated heterocycles. The molecule has 2 aromatic carbocycles. The third-order valence-electron chi connectivity index (χ3n) is 4.30. The van der Waals surface area contributed by atoms with Gasteiger partial charge in [-0.25, -0.2) is 13.6 Å². The van der Waals surface area contributed by atoms with Crippen molar-refractivity contribution in [3.63, 3.8) is 0 Å². The summed E-state index contributed by atoms with van der Waals surface area (Å²) in [4.78, 5) is 24.4. The zero-order chi connectivity index (χ0) is 21.0. The van der Waals surface area contributed by atoms with Gasteiger partial charge in [-0.3, -0.25) is 9.48 Å². The van der Waals surface area contributed by atoms with Crippen molar-refractivity contribution in [3.05, 3.63) is 82.7 Å². The van der Waals surface area contributed by atoms with Crippen LogP contribution in [0.25, 0.3) is 0 Å². The molecule has 0 spiro atoms. The third kappa shape index (κ3) is 4.84. The summed E-state index contributed by atoms with van der Waals surface area (Å²) in [6, 6.07) is 12.4. The Kier molecular flexibility index (Phi) is 6.01. The molecule has 0 saturated carbocycles. The van der Waals surface area contributed by atoms with Crippen molar-refractivity contribution in [3.8, 4) is 0 Å². The van der Waals surface area contributed by atoms with Crippen LogP contribution in [0.5, 0.6) is 0 Å². The largest absolute Gasteiger partial charge is 0.452 e. The summed E-state index contributed by atoms with van der Waals surface area (Å²) in [6.07, 6.45) is 0. The van der Waals surface area contributed by atoms with Gasteiger partial charge in [-0.15, -0.1) is 0 Å². The highest BCUT2D eigenvalue weighted by atomic mass is 19.1. The molecule has 0 bridgehead atoms. The van der Waals surface area contributed by atoms with Gasteiger partial charge >= 0.3 is 5.97 Å². The Morgan fingerprint density at radius 1 is 1.10 bits per heavy atom. The zero-order valence-electron chi connectivity index (χ0n) is 15.9. The van der Waals surface area contributed by atoms with Crippen LogP contribution in [0.15, 0.2) is 48.5 Å². The van der Waals surface area contributed by atoms with Crippen LogP contribution in [0, 0.1) is 25.5 Å². The quantitative estimate of drug-likeness (QED) is 0.643. The van der Waals surface area contributed by atoms with E-state index in [0.29, 0.717) is 24.0 Å². The minimum absolute atomic E-state index is 0.199. The van der Waals surface area contributed by atoms with Crippen molar-refractivity contribution in [1.29, 1.82) is 0 Å². The Hall–Kier alpha value is -3.55. The predicted molar refractivity (Wildman–Crippen MR) is 103 cm³/mol. The monoisotopic (exact) mass is 399 g/mol. The van der Waals surface area contributed by atoms with Gasteiger partial charge in [-0.05, 0) is 31.5 Å². The fourth-order valence-electron chi connectivity index (χ4n) is 2.88. The van der Waals surface area contributed by atoms with Crippen molar-refractivity contribution < 1.29 is 23.1 Å². The lowest BCUT2D eigenvalue weighted by Gasteiger charge is -2.08. The Balaban J connectivity index is 1.64. The van der Waals surface area contributed by atoms with E-state index in [-0.39, 0.29) is 11.3 Å². The lowest BCUT2D eigenvalue weighted by molar-refractivity contribution is -0.119. The number of nitrogens with one attached hydrogen (secondary N) is 1. The number of halogens is 2. The van der Waals surface area contributed by atoms with Crippen molar-refractivity contribution in [2.45, 2.75) is 20.4 Å². The van der Waals surface area contributed by atoms with E-state index in [0.717, 1.165) is 17.7 Å². The average Bonchev–Trinajstić information content (AvgIpc) is 2.96. The number of hydrogen-bond donors (Lipinski definition) is 1. The summed E-state index contributed by atoms with van der Waals surface area (Å²) >= 11 is 0. The van der Waals surface area contributed by atoms with E-state index >= 15 is 0 Å². The molecular weight excluding hydrogens is 380 g/mol. The topological polar surface area (TPSA) is 73.2 Å². The van der Waals surface area contributed by atoms with E-state index in [9.17, 15) is 18.4 Å². The molecule has 29 heavy (non-hydrogen) atoms. The molecule has 0 fully saturated rings. The number of nitrogens with zero attached hydrogens (tertiary/aromatic N) is 2. The summed E-state index contributed by atoms with van der Waals surface area (Å²) < 4.78 is 33.2. The number of aromatic nitrogens is 2. The highest BCUT2D eigenvalue weighted by Crippen LogP contribution is 2.17. The van der Waals surface area contributed by atoms with Crippen LogP contribution in [0.1, 0.15) is 27.3 Å². The molecule has 1 amide bonds. The molecule has 150 valence electrons. The fourth-order valence-corrected chi connectivity index (χ4v) is 2.88. The molecule has 0 aliphatic heterocycles. The highest BCUT2D eigenvalue weighted by molar-refractivity contribution is 5.96. The number of carbonyl (C=O) groups excluding carboxylic acids is 2. The molecule has 3 rings (SSSR count). The molecule has 1 N–H and O–H groups in total. The smallest absolute Gasteiger partial charge is 0.342 e. The maximum Gasteiger partial charge on any atom is 0.342 e. The SMILES string of the molecule is Cc1nn(Cc2ccccc2)c(C)c1C(=O)OCC(=O)Nc1ccc(F)cc1F. The Bertz CT molecular complexity index is 1050. The number of amides is 1. The van der Waals surface area contributed by atoms with Crippen LogP contribution in [-0.2, 0) is 16.1 Å². The molecule has 0 unspecified atom stereocenters. The number of esters is 1. The molecule has 0 radical (unpaired) electrons. The van der Waals surface area contributed by atoms with Crippen LogP contribution >= 0.6 is 0 Å². The number of carbonyl (C=O) groups is 2. The second kappa shape index (κ2) is 8.64. The minimum Gasteiger partial charge on any atom is -0.452 e. The van der Waals surface area contributed by atoms with Gasteiger partial charge in [0.15, 0.2) is 6.61 Å². The van der Waals surface area contributed by atoms with Crippen molar-refractivity contribution in [2.24, 2.45) is 0 Å². The molecular formula is C21H19F2N3O3. The average molecular weight is 399 g/mol. The van der Waals surface area contributed by atoms with Crippen molar-refractivity contribution in [2.75, 3.05) is 11.9 Å². The maximum atomic E-state index is 13.6. The van der Waals surface area contributed by atoms with Crippen LogP contribution in [0.3, 0.4) is 0 Å². The maximum absolute atomic E-state index is 13.6. The Morgan fingerprint density at radius 3 is 2.52 bits per heavy atom. The molecule has 8 heteroatoms. The summed E-state index contributed by atoms with van der Waals surface area (Å²) in [5.74, 6) is -3.12. The number of aryl methyl sites for hydroxylation is 1. The first kappa shape index (κ1) is 20.2. The second-order valence-corrected chi connectivity index (χ2v) is 6.44. The fraction of sp³-hybridized carbons (Fsp3) is 0.190. The molecule has 3 aromatic rings. The number of ether oxygens (including phenoxy) is 1. The lowest BCUT2D eigenvalue weighted by Crippen LogP contribution is -2.22. The molecule has 0 atom stereocenters.